The first-order chi connectivity index (χ1) is 9.52. The summed E-state index contributed by atoms with van der Waals surface area (Å²) in [6.45, 7) is 2.28. The average Bonchev–Trinajstić information content (AvgIpc) is 2.38. The van der Waals surface area contributed by atoms with Crippen LogP contribution in [0.1, 0.15) is 13.3 Å². The maximum atomic E-state index is 11.8. The zero-order valence-corrected chi connectivity index (χ0v) is 12.4. The monoisotopic (exact) mass is 301 g/mol. The molecule has 20 heavy (non-hydrogen) atoms. The summed E-state index contributed by atoms with van der Waals surface area (Å²) in [7, 11) is 1.52. The minimum Gasteiger partial charge on any atom is -0.481 e. The molecule has 0 radical (unpaired) electrons. The highest BCUT2D eigenvalue weighted by atomic mass is 35.5. The SMILES string of the molecule is COCC(O)CCNC(=O)C(C)Oc1cccc(Cl)c1. The molecule has 5 nitrogen and oxygen atoms in total. The molecule has 1 rings (SSSR count). The van der Waals surface area contributed by atoms with Crippen molar-refractivity contribution in [2.75, 3.05) is 20.3 Å². The maximum absolute atomic E-state index is 11.8. The van der Waals surface area contributed by atoms with Gasteiger partial charge in [-0.05, 0) is 31.5 Å². The van der Waals surface area contributed by atoms with Crippen LogP contribution in [0.4, 0.5) is 0 Å². The highest BCUT2D eigenvalue weighted by molar-refractivity contribution is 6.30. The fraction of sp³-hybridized carbons (Fsp3) is 0.500. The van der Waals surface area contributed by atoms with E-state index in [1.807, 2.05) is 0 Å². The van der Waals surface area contributed by atoms with E-state index in [0.717, 1.165) is 0 Å². The third-order valence-corrected chi connectivity index (χ3v) is 2.85. The van der Waals surface area contributed by atoms with Crippen molar-refractivity contribution in [2.45, 2.75) is 25.6 Å². The number of aliphatic hydroxyl groups is 1. The number of rotatable bonds is 8. The molecule has 0 aliphatic heterocycles. The highest BCUT2D eigenvalue weighted by Crippen LogP contribution is 2.18. The van der Waals surface area contributed by atoms with Gasteiger partial charge in [-0.15, -0.1) is 0 Å². The van der Waals surface area contributed by atoms with E-state index in [-0.39, 0.29) is 12.5 Å². The van der Waals surface area contributed by atoms with Crippen LogP contribution in [-0.2, 0) is 9.53 Å². The van der Waals surface area contributed by atoms with Gasteiger partial charge in [0.15, 0.2) is 6.10 Å². The number of aliphatic hydroxyl groups excluding tert-OH is 1. The Hall–Kier alpha value is -1.30. The molecule has 6 heteroatoms. The molecule has 112 valence electrons. The minimum atomic E-state index is -0.631. The summed E-state index contributed by atoms with van der Waals surface area (Å²) in [5.41, 5.74) is 0. The van der Waals surface area contributed by atoms with Crippen molar-refractivity contribution in [3.05, 3.63) is 29.3 Å². The van der Waals surface area contributed by atoms with E-state index in [1.165, 1.54) is 7.11 Å². The molecular weight excluding hydrogens is 282 g/mol. The van der Waals surface area contributed by atoms with Gasteiger partial charge in [0.05, 0.1) is 12.7 Å². The Morgan fingerprint density at radius 3 is 2.90 bits per heavy atom. The van der Waals surface area contributed by atoms with Crippen LogP contribution in [0.15, 0.2) is 24.3 Å². The van der Waals surface area contributed by atoms with Gasteiger partial charge in [0, 0.05) is 18.7 Å². The van der Waals surface area contributed by atoms with Gasteiger partial charge in [0.2, 0.25) is 0 Å². The zero-order chi connectivity index (χ0) is 15.0. The molecular formula is C14H20ClNO4. The molecule has 0 heterocycles. The second kappa shape index (κ2) is 8.79. The fourth-order valence-electron chi connectivity index (χ4n) is 1.58. The molecule has 2 N–H and O–H groups in total. The third-order valence-electron chi connectivity index (χ3n) is 2.61. The zero-order valence-electron chi connectivity index (χ0n) is 11.6. The first kappa shape index (κ1) is 16.8. The number of hydrogen-bond donors (Lipinski definition) is 2. The average molecular weight is 302 g/mol. The first-order valence-corrected chi connectivity index (χ1v) is 6.77. The molecule has 0 fully saturated rings. The Balaban J connectivity index is 2.32. The largest absolute Gasteiger partial charge is 0.481 e. The van der Waals surface area contributed by atoms with Gasteiger partial charge >= 0.3 is 0 Å². The van der Waals surface area contributed by atoms with Gasteiger partial charge in [-0.25, -0.2) is 0 Å². The van der Waals surface area contributed by atoms with Crippen LogP contribution >= 0.6 is 11.6 Å². The lowest BCUT2D eigenvalue weighted by Crippen LogP contribution is -2.38. The standard InChI is InChI=1S/C14H20ClNO4/c1-10(20-13-5-3-4-11(15)8-13)14(18)16-7-6-12(17)9-19-2/h3-5,8,10,12,17H,6-7,9H2,1-2H3,(H,16,18). The molecule has 1 amide bonds. The van der Waals surface area contributed by atoms with Crippen LogP contribution in [0.2, 0.25) is 5.02 Å². The molecule has 2 atom stereocenters. The van der Waals surface area contributed by atoms with Crippen LogP contribution in [-0.4, -0.2) is 43.5 Å². The summed E-state index contributed by atoms with van der Waals surface area (Å²) >= 11 is 5.84. The molecule has 0 aliphatic carbocycles. The Bertz CT molecular complexity index is 427. The molecule has 0 saturated carbocycles. The Morgan fingerprint density at radius 2 is 2.25 bits per heavy atom. The predicted octanol–water partition coefficient (Wildman–Crippen LogP) is 1.62. The van der Waals surface area contributed by atoms with Crippen molar-refractivity contribution in [1.29, 1.82) is 0 Å². The second-order valence-corrected chi connectivity index (χ2v) is 4.84. The number of benzene rings is 1. The Labute approximate surface area is 123 Å². The van der Waals surface area contributed by atoms with Crippen LogP contribution in [0.3, 0.4) is 0 Å². The molecule has 2 unspecified atom stereocenters. The van der Waals surface area contributed by atoms with Crippen molar-refractivity contribution in [3.8, 4) is 5.75 Å². The smallest absolute Gasteiger partial charge is 0.260 e. The normalized spacial score (nSPS) is 13.6. The molecule has 1 aromatic rings. The second-order valence-electron chi connectivity index (χ2n) is 4.41. The van der Waals surface area contributed by atoms with Gasteiger partial charge in [0.25, 0.3) is 5.91 Å². The Morgan fingerprint density at radius 1 is 1.50 bits per heavy atom. The van der Waals surface area contributed by atoms with Crippen molar-refractivity contribution in [2.24, 2.45) is 0 Å². The lowest BCUT2D eigenvalue weighted by Gasteiger charge is -2.15. The van der Waals surface area contributed by atoms with Crippen molar-refractivity contribution in [1.82, 2.24) is 5.32 Å². The molecule has 0 aliphatic rings. The highest BCUT2D eigenvalue weighted by Gasteiger charge is 2.14. The van der Waals surface area contributed by atoms with E-state index in [0.29, 0.717) is 23.7 Å². The molecule has 0 aromatic heterocycles. The Kier molecular flexibility index (Phi) is 7.36. The topological polar surface area (TPSA) is 67.8 Å². The van der Waals surface area contributed by atoms with Gasteiger partial charge in [-0.2, -0.15) is 0 Å². The fourth-order valence-corrected chi connectivity index (χ4v) is 1.76. The lowest BCUT2D eigenvalue weighted by molar-refractivity contribution is -0.127. The maximum Gasteiger partial charge on any atom is 0.260 e. The predicted molar refractivity (Wildman–Crippen MR) is 77.1 cm³/mol. The van der Waals surface area contributed by atoms with Crippen molar-refractivity contribution in [3.63, 3.8) is 0 Å². The number of ether oxygens (including phenoxy) is 2. The van der Waals surface area contributed by atoms with Crippen LogP contribution in [0.25, 0.3) is 0 Å². The molecule has 0 spiro atoms. The van der Waals surface area contributed by atoms with Gasteiger partial charge < -0.3 is 19.9 Å². The van der Waals surface area contributed by atoms with Crippen LogP contribution < -0.4 is 10.1 Å². The van der Waals surface area contributed by atoms with Gasteiger partial charge in [-0.1, -0.05) is 17.7 Å². The molecule has 0 saturated heterocycles. The number of methoxy groups -OCH3 is 1. The number of halogens is 1. The molecule has 0 bridgehead atoms. The lowest BCUT2D eigenvalue weighted by atomic mass is 10.2. The number of hydrogen-bond acceptors (Lipinski definition) is 4. The van der Waals surface area contributed by atoms with E-state index in [9.17, 15) is 9.90 Å². The number of carbonyl (C=O) groups excluding carboxylic acids is 1. The van der Waals surface area contributed by atoms with E-state index >= 15 is 0 Å². The minimum absolute atomic E-state index is 0.241. The van der Waals surface area contributed by atoms with E-state index in [2.05, 4.69) is 5.32 Å². The van der Waals surface area contributed by atoms with Gasteiger partial charge in [-0.3, -0.25) is 4.79 Å². The van der Waals surface area contributed by atoms with E-state index in [4.69, 9.17) is 21.1 Å². The summed E-state index contributed by atoms with van der Waals surface area (Å²) < 4.78 is 10.3. The van der Waals surface area contributed by atoms with E-state index < -0.39 is 12.2 Å². The first-order valence-electron chi connectivity index (χ1n) is 6.40. The van der Waals surface area contributed by atoms with E-state index in [1.54, 1.807) is 31.2 Å². The van der Waals surface area contributed by atoms with Crippen molar-refractivity contribution < 1.29 is 19.4 Å². The number of nitrogens with one attached hydrogen (secondary N) is 1. The summed E-state index contributed by atoms with van der Waals surface area (Å²) in [5.74, 6) is 0.300. The summed E-state index contributed by atoms with van der Waals surface area (Å²) in [5, 5.41) is 12.7. The third kappa shape index (κ3) is 6.23. The summed E-state index contributed by atoms with van der Waals surface area (Å²) in [6.07, 6.45) is -0.777. The van der Waals surface area contributed by atoms with Gasteiger partial charge in [0.1, 0.15) is 5.75 Å². The number of carbonyl (C=O) groups is 1. The quantitative estimate of drug-likeness (QED) is 0.766. The summed E-state index contributed by atoms with van der Waals surface area (Å²) in [6, 6.07) is 6.87. The van der Waals surface area contributed by atoms with Crippen LogP contribution in [0, 0.1) is 0 Å². The molecule has 1 aromatic carbocycles. The van der Waals surface area contributed by atoms with Crippen LogP contribution in [0.5, 0.6) is 5.75 Å². The number of amides is 1. The van der Waals surface area contributed by atoms with Crippen molar-refractivity contribution >= 4 is 17.5 Å². The summed E-state index contributed by atoms with van der Waals surface area (Å²) in [4.78, 5) is 11.8.